The molecular formula is C18H17ClN2O5S. The summed E-state index contributed by atoms with van der Waals surface area (Å²) in [6.45, 7) is 1.93. The van der Waals surface area contributed by atoms with Crippen LogP contribution in [0, 0.1) is 17.0 Å². The number of non-ortho nitro benzene ring substituents is 1. The number of amides is 1. The van der Waals surface area contributed by atoms with E-state index in [0.717, 1.165) is 11.0 Å². The number of halogens is 1. The summed E-state index contributed by atoms with van der Waals surface area (Å²) < 4.78 is 4.87. The molecule has 0 spiro atoms. The van der Waals surface area contributed by atoms with Gasteiger partial charge < -0.3 is 10.1 Å². The molecule has 0 aliphatic rings. The average Bonchev–Trinajstić information content (AvgIpc) is 2.65. The standard InChI is InChI=1S/C18H17ClN2O5S/c1-12-2-5-14(6-3-12)27-9-8-20-17(22)11-26-18(23)15-10-13(21(24)25)4-7-16(15)19/h2-7,10H,8-9,11H2,1H3,(H,20,22). The Hall–Kier alpha value is -2.58. The van der Waals surface area contributed by atoms with Crippen LogP contribution in [0.2, 0.25) is 5.02 Å². The summed E-state index contributed by atoms with van der Waals surface area (Å²) in [6.07, 6.45) is 0. The molecular weight excluding hydrogens is 392 g/mol. The molecule has 2 aromatic rings. The molecule has 0 heterocycles. The zero-order valence-corrected chi connectivity index (χ0v) is 16.0. The van der Waals surface area contributed by atoms with Crippen LogP contribution in [-0.2, 0) is 9.53 Å². The summed E-state index contributed by atoms with van der Waals surface area (Å²) in [5.74, 6) is -0.693. The molecule has 9 heteroatoms. The van der Waals surface area contributed by atoms with Gasteiger partial charge in [0, 0.05) is 29.3 Å². The molecule has 0 aromatic heterocycles. The molecule has 0 fully saturated rings. The highest BCUT2D eigenvalue weighted by molar-refractivity contribution is 7.99. The third-order valence-corrected chi connectivity index (χ3v) is 4.77. The first-order chi connectivity index (χ1) is 12.9. The van der Waals surface area contributed by atoms with Crippen LogP contribution in [0.5, 0.6) is 0 Å². The summed E-state index contributed by atoms with van der Waals surface area (Å²) in [5, 5.41) is 13.4. The normalized spacial score (nSPS) is 10.3. The maximum atomic E-state index is 12.0. The van der Waals surface area contributed by atoms with Gasteiger partial charge in [-0.05, 0) is 25.1 Å². The molecule has 1 amide bonds. The highest BCUT2D eigenvalue weighted by Crippen LogP contribution is 2.22. The first kappa shape index (κ1) is 20.7. The lowest BCUT2D eigenvalue weighted by atomic mass is 10.2. The number of hydrogen-bond acceptors (Lipinski definition) is 6. The van der Waals surface area contributed by atoms with Gasteiger partial charge in [-0.15, -0.1) is 11.8 Å². The second kappa shape index (κ2) is 9.94. The van der Waals surface area contributed by atoms with Crippen molar-refractivity contribution in [1.29, 1.82) is 0 Å². The van der Waals surface area contributed by atoms with Crippen molar-refractivity contribution in [2.75, 3.05) is 18.9 Å². The lowest BCUT2D eigenvalue weighted by Gasteiger charge is -2.07. The van der Waals surface area contributed by atoms with Gasteiger partial charge in [0.2, 0.25) is 0 Å². The van der Waals surface area contributed by atoms with E-state index in [0.29, 0.717) is 12.3 Å². The Morgan fingerprint density at radius 3 is 2.59 bits per heavy atom. The van der Waals surface area contributed by atoms with Crippen LogP contribution in [0.25, 0.3) is 0 Å². The second-order valence-electron chi connectivity index (χ2n) is 5.51. The highest BCUT2D eigenvalue weighted by Gasteiger charge is 2.18. The Labute approximate surface area is 165 Å². The van der Waals surface area contributed by atoms with E-state index in [9.17, 15) is 19.7 Å². The Bertz CT molecular complexity index is 842. The fraction of sp³-hybridized carbons (Fsp3) is 0.222. The van der Waals surface area contributed by atoms with Crippen LogP contribution < -0.4 is 5.32 Å². The highest BCUT2D eigenvalue weighted by atomic mass is 35.5. The maximum absolute atomic E-state index is 12.0. The van der Waals surface area contributed by atoms with E-state index in [1.165, 1.54) is 17.7 Å². The van der Waals surface area contributed by atoms with Crippen molar-refractivity contribution >= 4 is 40.9 Å². The van der Waals surface area contributed by atoms with E-state index in [4.69, 9.17) is 16.3 Å². The molecule has 0 aliphatic carbocycles. The van der Waals surface area contributed by atoms with Crippen molar-refractivity contribution < 1.29 is 19.2 Å². The second-order valence-corrected chi connectivity index (χ2v) is 7.08. The summed E-state index contributed by atoms with van der Waals surface area (Å²) in [4.78, 5) is 34.9. The lowest BCUT2D eigenvalue weighted by Crippen LogP contribution is -2.30. The zero-order chi connectivity index (χ0) is 19.8. The quantitative estimate of drug-likeness (QED) is 0.235. The fourth-order valence-corrected chi connectivity index (χ4v) is 3.00. The first-order valence-corrected chi connectivity index (χ1v) is 9.30. The zero-order valence-electron chi connectivity index (χ0n) is 14.4. The number of benzene rings is 2. The number of carbonyl (C=O) groups excluding carboxylic acids is 2. The molecule has 0 saturated carbocycles. The van der Waals surface area contributed by atoms with Gasteiger partial charge in [-0.25, -0.2) is 4.79 Å². The van der Waals surface area contributed by atoms with E-state index in [1.807, 2.05) is 31.2 Å². The first-order valence-electron chi connectivity index (χ1n) is 7.94. The van der Waals surface area contributed by atoms with Gasteiger partial charge in [-0.1, -0.05) is 29.3 Å². The Morgan fingerprint density at radius 2 is 1.93 bits per heavy atom. The van der Waals surface area contributed by atoms with Gasteiger partial charge in [0.25, 0.3) is 11.6 Å². The largest absolute Gasteiger partial charge is 0.452 e. The van der Waals surface area contributed by atoms with E-state index in [1.54, 1.807) is 11.8 Å². The molecule has 7 nitrogen and oxygen atoms in total. The number of hydrogen-bond donors (Lipinski definition) is 1. The van der Waals surface area contributed by atoms with Crippen LogP contribution in [-0.4, -0.2) is 35.7 Å². The molecule has 0 aliphatic heterocycles. The summed E-state index contributed by atoms with van der Waals surface area (Å²) in [7, 11) is 0. The molecule has 1 N–H and O–H groups in total. The molecule has 142 valence electrons. The van der Waals surface area contributed by atoms with Gasteiger partial charge in [0.1, 0.15) is 0 Å². The van der Waals surface area contributed by atoms with Gasteiger partial charge in [0.15, 0.2) is 6.61 Å². The summed E-state index contributed by atoms with van der Waals surface area (Å²) in [5.41, 5.74) is 0.732. The SMILES string of the molecule is Cc1ccc(SCCNC(=O)COC(=O)c2cc([N+](=O)[O-])ccc2Cl)cc1. The number of carbonyl (C=O) groups is 2. The predicted molar refractivity (Wildman–Crippen MR) is 103 cm³/mol. The van der Waals surface area contributed by atoms with Crippen LogP contribution in [0.15, 0.2) is 47.4 Å². The minimum Gasteiger partial charge on any atom is -0.452 e. The number of nitro benzene ring substituents is 1. The van der Waals surface area contributed by atoms with Crippen molar-refractivity contribution in [3.8, 4) is 0 Å². The fourth-order valence-electron chi connectivity index (χ4n) is 2.04. The van der Waals surface area contributed by atoms with E-state index < -0.39 is 23.4 Å². The molecule has 0 atom stereocenters. The lowest BCUT2D eigenvalue weighted by molar-refractivity contribution is -0.384. The van der Waals surface area contributed by atoms with Gasteiger partial charge in [0.05, 0.1) is 15.5 Å². The van der Waals surface area contributed by atoms with Crippen molar-refractivity contribution in [2.45, 2.75) is 11.8 Å². The van der Waals surface area contributed by atoms with Gasteiger partial charge in [-0.2, -0.15) is 0 Å². The van der Waals surface area contributed by atoms with Gasteiger partial charge in [-0.3, -0.25) is 14.9 Å². The number of nitrogens with one attached hydrogen (secondary N) is 1. The average molecular weight is 409 g/mol. The third kappa shape index (κ3) is 6.58. The minimum absolute atomic E-state index is 0.0144. The summed E-state index contributed by atoms with van der Waals surface area (Å²) in [6, 6.07) is 11.5. The van der Waals surface area contributed by atoms with Crippen molar-refractivity contribution in [3.05, 3.63) is 68.7 Å². The molecule has 2 rings (SSSR count). The molecule has 0 bridgehead atoms. The number of rotatable bonds is 8. The van der Waals surface area contributed by atoms with Crippen LogP contribution in [0.4, 0.5) is 5.69 Å². The van der Waals surface area contributed by atoms with Crippen LogP contribution in [0.3, 0.4) is 0 Å². The molecule has 0 unspecified atom stereocenters. The van der Waals surface area contributed by atoms with E-state index in [-0.39, 0.29) is 16.3 Å². The number of nitrogens with zero attached hydrogens (tertiary/aromatic N) is 1. The Kier molecular flexibility index (Phi) is 7.63. The van der Waals surface area contributed by atoms with Crippen molar-refractivity contribution in [2.24, 2.45) is 0 Å². The van der Waals surface area contributed by atoms with Crippen molar-refractivity contribution in [3.63, 3.8) is 0 Å². The Balaban J connectivity index is 1.75. The van der Waals surface area contributed by atoms with E-state index in [2.05, 4.69) is 5.32 Å². The number of thioether (sulfide) groups is 1. The number of nitro groups is 1. The van der Waals surface area contributed by atoms with Gasteiger partial charge >= 0.3 is 5.97 Å². The number of ether oxygens (including phenoxy) is 1. The molecule has 0 radical (unpaired) electrons. The Morgan fingerprint density at radius 1 is 1.22 bits per heavy atom. The van der Waals surface area contributed by atoms with Crippen LogP contribution in [0.1, 0.15) is 15.9 Å². The molecule has 2 aromatic carbocycles. The molecule has 0 saturated heterocycles. The topological polar surface area (TPSA) is 98.5 Å². The minimum atomic E-state index is -0.895. The number of aryl methyl sites for hydroxylation is 1. The monoisotopic (exact) mass is 408 g/mol. The van der Waals surface area contributed by atoms with Crippen molar-refractivity contribution in [1.82, 2.24) is 5.32 Å². The van der Waals surface area contributed by atoms with E-state index >= 15 is 0 Å². The third-order valence-electron chi connectivity index (χ3n) is 3.43. The smallest absolute Gasteiger partial charge is 0.340 e. The number of esters is 1. The predicted octanol–water partition coefficient (Wildman–Crippen LogP) is 3.62. The maximum Gasteiger partial charge on any atom is 0.340 e. The summed E-state index contributed by atoms with van der Waals surface area (Å²) >= 11 is 7.45. The van der Waals surface area contributed by atoms with Crippen LogP contribution >= 0.6 is 23.4 Å². The molecule has 27 heavy (non-hydrogen) atoms.